The standard InChI is InChI=1S/C12H12N2O/c1-14-7-6-10(8-12(14)15)9-2-4-11(13)5-3-9/h2-8H,13H2,1H3. The van der Waals surface area contributed by atoms with E-state index in [9.17, 15) is 4.79 Å². The Balaban J connectivity index is 2.50. The summed E-state index contributed by atoms with van der Waals surface area (Å²) in [7, 11) is 1.73. The van der Waals surface area contributed by atoms with Gasteiger partial charge in [-0.1, -0.05) is 12.1 Å². The predicted molar refractivity (Wildman–Crippen MR) is 61.5 cm³/mol. The summed E-state index contributed by atoms with van der Waals surface area (Å²) in [5.41, 5.74) is 8.22. The molecule has 0 fully saturated rings. The van der Waals surface area contributed by atoms with Crippen LogP contribution < -0.4 is 11.3 Å². The highest BCUT2D eigenvalue weighted by Gasteiger charge is 1.98. The maximum Gasteiger partial charge on any atom is 0.250 e. The minimum Gasteiger partial charge on any atom is -0.399 e. The van der Waals surface area contributed by atoms with Crippen LogP contribution in [-0.4, -0.2) is 4.57 Å². The molecule has 0 aliphatic heterocycles. The molecule has 76 valence electrons. The van der Waals surface area contributed by atoms with Gasteiger partial charge in [0.05, 0.1) is 0 Å². The molecule has 2 aromatic rings. The Hall–Kier alpha value is -2.03. The molecule has 3 heteroatoms. The van der Waals surface area contributed by atoms with E-state index in [2.05, 4.69) is 0 Å². The molecule has 0 aliphatic rings. The summed E-state index contributed by atoms with van der Waals surface area (Å²) in [6.45, 7) is 0. The average Bonchev–Trinajstić information content (AvgIpc) is 2.23. The van der Waals surface area contributed by atoms with Crippen molar-refractivity contribution < 1.29 is 0 Å². The van der Waals surface area contributed by atoms with Crippen LogP contribution >= 0.6 is 0 Å². The van der Waals surface area contributed by atoms with Crippen LogP contribution in [0, 0.1) is 0 Å². The Morgan fingerprint density at radius 2 is 1.73 bits per heavy atom. The molecule has 15 heavy (non-hydrogen) atoms. The fourth-order valence-electron chi connectivity index (χ4n) is 1.40. The van der Waals surface area contributed by atoms with Gasteiger partial charge in [-0.2, -0.15) is 0 Å². The molecule has 3 nitrogen and oxygen atoms in total. The zero-order valence-corrected chi connectivity index (χ0v) is 8.47. The van der Waals surface area contributed by atoms with Crippen LogP contribution in [0.3, 0.4) is 0 Å². The molecule has 1 heterocycles. The molecule has 0 spiro atoms. The van der Waals surface area contributed by atoms with Gasteiger partial charge in [-0.3, -0.25) is 4.79 Å². The number of benzene rings is 1. The molecule has 0 amide bonds. The monoisotopic (exact) mass is 200 g/mol. The minimum atomic E-state index is -0.00988. The van der Waals surface area contributed by atoms with Crippen LogP contribution in [0.2, 0.25) is 0 Å². The Morgan fingerprint density at radius 1 is 1.07 bits per heavy atom. The number of hydrogen-bond donors (Lipinski definition) is 1. The van der Waals surface area contributed by atoms with Crippen LogP contribution in [0.25, 0.3) is 11.1 Å². The van der Waals surface area contributed by atoms with E-state index in [1.54, 1.807) is 23.9 Å². The number of rotatable bonds is 1. The fraction of sp³-hybridized carbons (Fsp3) is 0.0833. The van der Waals surface area contributed by atoms with E-state index in [0.29, 0.717) is 0 Å². The molecule has 0 aliphatic carbocycles. The van der Waals surface area contributed by atoms with Crippen molar-refractivity contribution in [2.75, 3.05) is 5.73 Å². The molecule has 2 rings (SSSR count). The molecule has 1 aromatic heterocycles. The van der Waals surface area contributed by atoms with Gasteiger partial charge in [-0.25, -0.2) is 0 Å². The first-order chi connectivity index (χ1) is 7.16. The third-order valence-electron chi connectivity index (χ3n) is 2.35. The number of nitrogen functional groups attached to an aromatic ring is 1. The van der Waals surface area contributed by atoms with Gasteiger partial charge in [-0.05, 0) is 29.3 Å². The maximum atomic E-state index is 11.4. The van der Waals surface area contributed by atoms with Gasteiger partial charge in [0.1, 0.15) is 0 Å². The van der Waals surface area contributed by atoms with Crippen molar-refractivity contribution in [2.24, 2.45) is 7.05 Å². The van der Waals surface area contributed by atoms with E-state index < -0.39 is 0 Å². The summed E-state index contributed by atoms with van der Waals surface area (Å²) >= 11 is 0. The maximum absolute atomic E-state index is 11.4. The lowest BCUT2D eigenvalue weighted by molar-refractivity contribution is 0.861. The van der Waals surface area contributed by atoms with Crippen LogP contribution in [-0.2, 0) is 7.05 Å². The lowest BCUT2D eigenvalue weighted by Gasteiger charge is -2.03. The number of aromatic nitrogens is 1. The quantitative estimate of drug-likeness (QED) is 0.711. The van der Waals surface area contributed by atoms with E-state index in [4.69, 9.17) is 5.73 Å². The van der Waals surface area contributed by atoms with Crippen LogP contribution in [0.1, 0.15) is 0 Å². The SMILES string of the molecule is Cn1ccc(-c2ccc(N)cc2)cc1=O. The number of pyridine rings is 1. The van der Waals surface area contributed by atoms with Gasteiger partial charge < -0.3 is 10.3 Å². The third kappa shape index (κ3) is 1.91. The van der Waals surface area contributed by atoms with Gasteiger partial charge >= 0.3 is 0 Å². The molecule has 0 saturated carbocycles. The number of nitrogens with zero attached hydrogens (tertiary/aromatic N) is 1. The largest absolute Gasteiger partial charge is 0.399 e. The van der Waals surface area contributed by atoms with Gasteiger partial charge in [0, 0.05) is 25.0 Å². The minimum absolute atomic E-state index is 0.00988. The number of nitrogens with two attached hydrogens (primary N) is 1. The summed E-state index contributed by atoms with van der Waals surface area (Å²) in [6, 6.07) is 11.0. The Labute approximate surface area is 87.8 Å². The average molecular weight is 200 g/mol. The second-order valence-corrected chi connectivity index (χ2v) is 3.49. The molecule has 0 atom stereocenters. The summed E-state index contributed by atoms with van der Waals surface area (Å²) in [5, 5.41) is 0. The van der Waals surface area contributed by atoms with Gasteiger partial charge in [-0.15, -0.1) is 0 Å². The lowest BCUT2D eigenvalue weighted by Crippen LogP contribution is -2.13. The van der Waals surface area contributed by atoms with E-state index in [-0.39, 0.29) is 5.56 Å². The second-order valence-electron chi connectivity index (χ2n) is 3.49. The molecular formula is C12H12N2O. The van der Waals surface area contributed by atoms with Crippen molar-refractivity contribution >= 4 is 5.69 Å². The summed E-state index contributed by atoms with van der Waals surface area (Å²) in [5.74, 6) is 0. The van der Waals surface area contributed by atoms with Crippen LogP contribution in [0.15, 0.2) is 47.4 Å². The molecule has 1 aromatic carbocycles. The Kier molecular flexibility index (Phi) is 2.29. The first-order valence-corrected chi connectivity index (χ1v) is 4.69. The van der Waals surface area contributed by atoms with Gasteiger partial charge in [0.15, 0.2) is 0 Å². The third-order valence-corrected chi connectivity index (χ3v) is 2.35. The molecule has 2 N–H and O–H groups in total. The summed E-state index contributed by atoms with van der Waals surface area (Å²) < 4.78 is 1.54. The number of anilines is 1. The van der Waals surface area contributed by atoms with Crippen molar-refractivity contribution in [3.05, 3.63) is 52.9 Å². The van der Waals surface area contributed by atoms with E-state index in [1.165, 1.54) is 0 Å². The van der Waals surface area contributed by atoms with E-state index in [1.807, 2.05) is 30.3 Å². The van der Waals surface area contributed by atoms with Gasteiger partial charge in [0.2, 0.25) is 0 Å². The van der Waals surface area contributed by atoms with Gasteiger partial charge in [0.25, 0.3) is 5.56 Å². The Bertz CT molecular complexity index is 526. The normalized spacial score (nSPS) is 10.2. The highest BCUT2D eigenvalue weighted by Crippen LogP contribution is 2.18. The molecule has 0 unspecified atom stereocenters. The fourth-order valence-corrected chi connectivity index (χ4v) is 1.40. The first-order valence-electron chi connectivity index (χ1n) is 4.69. The zero-order valence-electron chi connectivity index (χ0n) is 8.47. The lowest BCUT2D eigenvalue weighted by atomic mass is 10.1. The summed E-state index contributed by atoms with van der Waals surface area (Å²) in [4.78, 5) is 11.4. The van der Waals surface area contributed by atoms with Crippen LogP contribution in [0.5, 0.6) is 0 Å². The highest BCUT2D eigenvalue weighted by molar-refractivity contribution is 5.64. The van der Waals surface area contributed by atoms with Crippen molar-refractivity contribution in [1.82, 2.24) is 4.57 Å². The van der Waals surface area contributed by atoms with Crippen molar-refractivity contribution in [2.45, 2.75) is 0 Å². The predicted octanol–water partition coefficient (Wildman–Crippen LogP) is 1.63. The molecule has 0 radical (unpaired) electrons. The second kappa shape index (κ2) is 3.61. The Morgan fingerprint density at radius 3 is 2.33 bits per heavy atom. The number of hydrogen-bond acceptors (Lipinski definition) is 2. The van der Waals surface area contributed by atoms with Crippen molar-refractivity contribution in [3.8, 4) is 11.1 Å². The molecule has 0 bridgehead atoms. The van der Waals surface area contributed by atoms with E-state index >= 15 is 0 Å². The number of aryl methyl sites for hydroxylation is 1. The van der Waals surface area contributed by atoms with Crippen molar-refractivity contribution in [1.29, 1.82) is 0 Å². The van der Waals surface area contributed by atoms with Crippen molar-refractivity contribution in [3.63, 3.8) is 0 Å². The molecule has 0 saturated heterocycles. The zero-order chi connectivity index (χ0) is 10.8. The smallest absolute Gasteiger partial charge is 0.250 e. The van der Waals surface area contributed by atoms with E-state index in [0.717, 1.165) is 16.8 Å². The van der Waals surface area contributed by atoms with Crippen LogP contribution in [0.4, 0.5) is 5.69 Å². The highest BCUT2D eigenvalue weighted by atomic mass is 16.1. The molecular weight excluding hydrogens is 188 g/mol. The topological polar surface area (TPSA) is 48.0 Å². The summed E-state index contributed by atoms with van der Waals surface area (Å²) in [6.07, 6.45) is 1.76. The first kappa shape index (κ1) is 9.52.